The van der Waals surface area contributed by atoms with E-state index in [0.29, 0.717) is 0 Å². The van der Waals surface area contributed by atoms with E-state index < -0.39 is 11.2 Å². The van der Waals surface area contributed by atoms with Gasteiger partial charge in [-0.3, -0.25) is 15.9 Å². The Morgan fingerprint density at radius 1 is 0.613 bits per heavy atom. The molecule has 62 heavy (non-hydrogen) atoms. The molecule has 0 spiro atoms. The van der Waals surface area contributed by atoms with Gasteiger partial charge in [-0.2, -0.15) is 0 Å². The number of halogens is 2. The number of aromatic amines is 1. The molecule has 0 aliphatic carbocycles. The third kappa shape index (κ3) is 9.91. The molecule has 0 aliphatic rings. The number of hydrogen-bond donors (Lipinski definition) is 1. The van der Waals surface area contributed by atoms with Crippen LogP contribution in [0.2, 0.25) is 0 Å². The predicted octanol–water partition coefficient (Wildman–Crippen LogP) is 12.4. The van der Waals surface area contributed by atoms with Gasteiger partial charge in [-0.25, -0.2) is 0 Å². The fraction of sp³-hybridized carbons (Fsp3) is 0.231. The van der Waals surface area contributed by atoms with Crippen molar-refractivity contribution in [2.45, 2.75) is 37.4 Å². The quantitative estimate of drug-likeness (QED) is 0.102. The fourth-order valence-electron chi connectivity index (χ4n) is 8.02. The van der Waals surface area contributed by atoms with Crippen LogP contribution in [-0.4, -0.2) is 61.0 Å². The largest absolute Gasteiger partial charge is 0.466 e. The van der Waals surface area contributed by atoms with Gasteiger partial charge in [0.1, 0.15) is 57.4 Å². The minimum atomic E-state index is -0.681. The van der Waals surface area contributed by atoms with Crippen molar-refractivity contribution >= 4 is 67.8 Å². The second kappa shape index (κ2) is 20.7. The third-order valence-electron chi connectivity index (χ3n) is 11.4. The molecule has 8 aromatic rings. The Bertz CT molecular complexity index is 2750. The van der Waals surface area contributed by atoms with Crippen LogP contribution in [0.3, 0.4) is 0 Å². The van der Waals surface area contributed by atoms with E-state index in [2.05, 4.69) is 123 Å². The van der Waals surface area contributed by atoms with Crippen LogP contribution in [0, 0.1) is 0 Å². The molecule has 5 aromatic carbocycles. The summed E-state index contributed by atoms with van der Waals surface area (Å²) < 4.78 is 18.3. The van der Waals surface area contributed by atoms with E-state index in [1.54, 1.807) is 12.3 Å². The number of hydrogen-bond acceptors (Lipinski definition) is 7. The lowest BCUT2D eigenvalue weighted by atomic mass is 9.82. The number of pyridine rings is 2. The molecule has 0 aliphatic heterocycles. The summed E-state index contributed by atoms with van der Waals surface area (Å²) in [7, 11) is 8.29. The summed E-state index contributed by atoms with van der Waals surface area (Å²) in [5.41, 5.74) is 9.07. The maximum atomic E-state index is 12.3. The first-order chi connectivity index (χ1) is 30.1. The molecule has 1 N–H and O–H groups in total. The highest BCUT2D eigenvalue weighted by atomic mass is 127. The standard InChI is InChI=1S/C26H25IN2O2.C26H27IN2O2/c1-29(2)16-15-26(31-27,20-11-7-4-8-12-20)21-13-14-24-23(17-21)22(18-25(30)28-24)19-9-5-3-6-10-19;1-4-21-18-22(19-9-6-5-7-10-19)23-17-20(12-13-24(23)28-21)26(31-27,14-15-29(2)3)25-11-8-16-30-25/h3-14,17-18H,15-16H2,1-2H3,(H,28,30);5-13,16-18H,4,14-15H2,1-3H3. The summed E-state index contributed by atoms with van der Waals surface area (Å²) in [4.78, 5) is 24.5. The lowest BCUT2D eigenvalue weighted by Crippen LogP contribution is -2.32. The number of rotatable bonds is 15. The van der Waals surface area contributed by atoms with Gasteiger partial charge >= 0.3 is 0 Å². The maximum absolute atomic E-state index is 12.3. The molecule has 10 heteroatoms. The second-order valence-electron chi connectivity index (χ2n) is 16.0. The third-order valence-corrected chi connectivity index (χ3v) is 12.9. The van der Waals surface area contributed by atoms with Crippen LogP contribution in [0.25, 0.3) is 44.1 Å². The van der Waals surface area contributed by atoms with Gasteiger partial charge in [0.15, 0.2) is 5.60 Å². The zero-order chi connectivity index (χ0) is 43.7. The van der Waals surface area contributed by atoms with Crippen molar-refractivity contribution < 1.29 is 10.5 Å². The normalized spacial score (nSPS) is 13.5. The van der Waals surface area contributed by atoms with Crippen molar-refractivity contribution in [2.24, 2.45) is 0 Å². The maximum Gasteiger partial charge on any atom is 0.249 e. The molecule has 318 valence electrons. The molecular formula is C52H52I2N4O4. The number of nitrogens with zero attached hydrogens (tertiary/aromatic N) is 3. The molecule has 2 unspecified atom stereocenters. The number of nitrogens with one attached hydrogen (secondary N) is 1. The first kappa shape index (κ1) is 45.3. The van der Waals surface area contributed by atoms with Crippen molar-refractivity contribution in [1.29, 1.82) is 0 Å². The molecule has 3 aromatic heterocycles. The van der Waals surface area contributed by atoms with Gasteiger partial charge in [0.2, 0.25) is 5.56 Å². The minimum Gasteiger partial charge on any atom is -0.466 e. The van der Waals surface area contributed by atoms with Gasteiger partial charge in [0, 0.05) is 47.6 Å². The monoisotopic (exact) mass is 1050 g/mol. The first-order valence-corrected chi connectivity index (χ1v) is 22.6. The molecule has 0 radical (unpaired) electrons. The summed E-state index contributed by atoms with van der Waals surface area (Å²) in [6.45, 7) is 3.87. The fourth-order valence-corrected chi connectivity index (χ4v) is 9.44. The Kier molecular flexibility index (Phi) is 15.1. The zero-order valence-corrected chi connectivity index (χ0v) is 40.1. The summed E-state index contributed by atoms with van der Waals surface area (Å²) in [5.74, 6) is 0.808. The van der Waals surface area contributed by atoms with Crippen LogP contribution < -0.4 is 5.56 Å². The molecule has 0 bridgehead atoms. The van der Waals surface area contributed by atoms with E-state index >= 15 is 0 Å². The lowest BCUT2D eigenvalue weighted by Gasteiger charge is -2.33. The van der Waals surface area contributed by atoms with Crippen LogP contribution in [0.4, 0.5) is 0 Å². The van der Waals surface area contributed by atoms with Crippen molar-refractivity contribution in [2.75, 3.05) is 41.3 Å². The number of aryl methyl sites for hydroxylation is 1. The number of aromatic nitrogens is 2. The van der Waals surface area contributed by atoms with E-state index in [1.807, 2.05) is 119 Å². The predicted molar refractivity (Wildman–Crippen MR) is 270 cm³/mol. The van der Waals surface area contributed by atoms with E-state index in [0.717, 1.165) is 93.4 Å². The van der Waals surface area contributed by atoms with Gasteiger partial charge in [0.25, 0.3) is 0 Å². The molecule has 0 fully saturated rings. The van der Waals surface area contributed by atoms with Gasteiger partial charge < -0.3 is 19.2 Å². The summed E-state index contributed by atoms with van der Waals surface area (Å²) in [5, 5.41) is 2.12. The van der Waals surface area contributed by atoms with Crippen molar-refractivity contribution in [1.82, 2.24) is 19.8 Å². The smallest absolute Gasteiger partial charge is 0.249 e. The van der Waals surface area contributed by atoms with Crippen molar-refractivity contribution in [3.63, 3.8) is 0 Å². The van der Waals surface area contributed by atoms with Gasteiger partial charge in [-0.15, -0.1) is 0 Å². The van der Waals surface area contributed by atoms with Crippen LogP contribution in [-0.2, 0) is 23.8 Å². The molecule has 2 atom stereocenters. The highest BCUT2D eigenvalue weighted by Crippen LogP contribution is 2.43. The number of fused-ring (bicyclic) bond motifs is 2. The van der Waals surface area contributed by atoms with Crippen molar-refractivity contribution in [3.8, 4) is 22.3 Å². The van der Waals surface area contributed by atoms with Crippen LogP contribution in [0.5, 0.6) is 0 Å². The molecule has 0 saturated carbocycles. The molecule has 8 rings (SSSR count). The molecule has 8 nitrogen and oxygen atoms in total. The first-order valence-electron chi connectivity index (χ1n) is 20.8. The summed E-state index contributed by atoms with van der Waals surface area (Å²) in [6, 6.07) is 51.4. The number of benzene rings is 5. The van der Waals surface area contributed by atoms with E-state index in [1.165, 1.54) is 11.1 Å². The topological polar surface area (TPSA) is 83.8 Å². The molecular weight excluding hydrogens is 998 g/mol. The van der Waals surface area contributed by atoms with Gasteiger partial charge in [-0.1, -0.05) is 110 Å². The van der Waals surface area contributed by atoms with E-state index in [9.17, 15) is 4.79 Å². The molecule has 0 saturated heterocycles. The van der Waals surface area contributed by atoms with Gasteiger partial charge in [0.05, 0.1) is 11.8 Å². The highest BCUT2D eigenvalue weighted by Gasteiger charge is 2.39. The number of H-pyrrole nitrogens is 1. The Labute approximate surface area is 392 Å². The lowest BCUT2D eigenvalue weighted by molar-refractivity contribution is 0.119. The Morgan fingerprint density at radius 3 is 1.73 bits per heavy atom. The molecule has 0 amide bonds. The van der Waals surface area contributed by atoms with E-state index in [4.69, 9.17) is 15.5 Å². The Balaban J connectivity index is 0.000000186. The second-order valence-corrected chi connectivity index (χ2v) is 16.9. The van der Waals surface area contributed by atoms with Crippen LogP contribution in [0.1, 0.15) is 47.9 Å². The number of furan rings is 1. The summed E-state index contributed by atoms with van der Waals surface area (Å²) in [6.07, 6.45) is 4.17. The van der Waals surface area contributed by atoms with E-state index in [-0.39, 0.29) is 5.56 Å². The average molecular weight is 1050 g/mol. The van der Waals surface area contributed by atoms with Crippen LogP contribution in [0.15, 0.2) is 167 Å². The zero-order valence-electron chi connectivity index (χ0n) is 35.8. The Hall–Kier alpha value is -4.70. The van der Waals surface area contributed by atoms with Gasteiger partial charge in [-0.05, 0) is 122 Å². The minimum absolute atomic E-state index is 0.105. The highest BCUT2D eigenvalue weighted by molar-refractivity contribution is 14.1. The summed E-state index contributed by atoms with van der Waals surface area (Å²) >= 11 is 4.04. The Morgan fingerprint density at radius 2 is 1.16 bits per heavy atom. The molecule has 3 heterocycles. The SMILES string of the molecule is CCc1cc(-c2ccccc2)c2cc(C(CCN(C)C)(OI)c3ccco3)ccc2n1.CN(C)CCC(OI)(c1ccccc1)c1ccc2[nH]c(=O)cc(-c3ccccc3)c2c1. The van der Waals surface area contributed by atoms with Crippen LogP contribution >= 0.6 is 46.0 Å². The van der Waals surface area contributed by atoms with Crippen molar-refractivity contribution in [3.05, 3.63) is 196 Å². The average Bonchev–Trinajstić information content (AvgIpc) is 3.86.